The lowest BCUT2D eigenvalue weighted by Gasteiger charge is -2.29. The molecule has 0 amide bonds. The SMILES string of the molecule is CCC(CO)NC(C)(C(=O)O)c1ccccn1. The van der Waals surface area contributed by atoms with Gasteiger partial charge in [-0.15, -0.1) is 0 Å². The van der Waals surface area contributed by atoms with E-state index in [1.165, 1.54) is 0 Å². The largest absolute Gasteiger partial charge is 0.480 e. The van der Waals surface area contributed by atoms with Gasteiger partial charge in [-0.05, 0) is 25.5 Å². The molecule has 0 aliphatic carbocycles. The van der Waals surface area contributed by atoms with E-state index in [9.17, 15) is 9.90 Å². The van der Waals surface area contributed by atoms with Crippen LogP contribution in [0.4, 0.5) is 0 Å². The van der Waals surface area contributed by atoms with Gasteiger partial charge in [0.1, 0.15) is 0 Å². The third kappa shape index (κ3) is 3.01. The van der Waals surface area contributed by atoms with Crippen molar-refractivity contribution in [2.24, 2.45) is 0 Å². The minimum atomic E-state index is -1.29. The van der Waals surface area contributed by atoms with E-state index < -0.39 is 11.5 Å². The van der Waals surface area contributed by atoms with Crippen LogP contribution in [-0.4, -0.2) is 33.8 Å². The molecule has 1 rings (SSSR count). The Balaban J connectivity index is 3.02. The van der Waals surface area contributed by atoms with Crippen LogP contribution in [-0.2, 0) is 10.3 Å². The molecule has 1 aromatic heterocycles. The van der Waals surface area contributed by atoms with Crippen LogP contribution in [0.15, 0.2) is 24.4 Å². The molecule has 17 heavy (non-hydrogen) atoms. The standard InChI is InChI=1S/C12H18N2O3/c1-3-9(8-15)14-12(2,11(16)17)10-6-4-5-7-13-10/h4-7,9,14-15H,3,8H2,1-2H3,(H,16,17). The number of aromatic nitrogens is 1. The molecule has 2 unspecified atom stereocenters. The molecule has 0 aromatic carbocycles. The molecule has 94 valence electrons. The average Bonchev–Trinajstić information content (AvgIpc) is 2.36. The Kier molecular flexibility index (Phi) is 4.60. The summed E-state index contributed by atoms with van der Waals surface area (Å²) in [6.07, 6.45) is 2.20. The van der Waals surface area contributed by atoms with Crippen molar-refractivity contribution in [2.45, 2.75) is 31.8 Å². The van der Waals surface area contributed by atoms with Crippen LogP contribution in [0.5, 0.6) is 0 Å². The first kappa shape index (κ1) is 13.6. The van der Waals surface area contributed by atoms with Crippen LogP contribution in [0, 0.1) is 0 Å². The first-order chi connectivity index (χ1) is 8.04. The lowest BCUT2D eigenvalue weighted by atomic mass is 9.95. The molecule has 0 aliphatic rings. The monoisotopic (exact) mass is 238 g/mol. The second-order valence-corrected chi connectivity index (χ2v) is 4.08. The van der Waals surface area contributed by atoms with E-state index in [-0.39, 0.29) is 12.6 Å². The number of aliphatic hydroxyl groups is 1. The number of carboxylic acid groups (broad SMARTS) is 1. The first-order valence-electron chi connectivity index (χ1n) is 5.58. The molecule has 0 bridgehead atoms. The molecule has 2 atom stereocenters. The van der Waals surface area contributed by atoms with Crippen molar-refractivity contribution in [1.82, 2.24) is 10.3 Å². The summed E-state index contributed by atoms with van der Waals surface area (Å²) in [6.45, 7) is 3.33. The molecule has 0 fully saturated rings. The summed E-state index contributed by atoms with van der Waals surface area (Å²) in [5, 5.41) is 21.4. The van der Waals surface area contributed by atoms with Gasteiger partial charge in [-0.1, -0.05) is 13.0 Å². The second kappa shape index (κ2) is 5.75. The molecule has 0 saturated carbocycles. The Morgan fingerprint density at radius 2 is 2.29 bits per heavy atom. The number of rotatable bonds is 6. The number of hydrogen-bond acceptors (Lipinski definition) is 4. The fourth-order valence-corrected chi connectivity index (χ4v) is 1.59. The summed E-state index contributed by atoms with van der Waals surface area (Å²) in [4.78, 5) is 15.5. The number of aliphatic hydroxyl groups excluding tert-OH is 1. The summed E-state index contributed by atoms with van der Waals surface area (Å²) in [7, 11) is 0. The zero-order chi connectivity index (χ0) is 12.9. The molecule has 1 heterocycles. The minimum Gasteiger partial charge on any atom is -0.480 e. The van der Waals surface area contributed by atoms with Crippen LogP contribution in [0.25, 0.3) is 0 Å². The number of hydrogen-bond donors (Lipinski definition) is 3. The van der Waals surface area contributed by atoms with Gasteiger partial charge in [0.05, 0.1) is 12.3 Å². The summed E-state index contributed by atoms with van der Waals surface area (Å²) >= 11 is 0. The first-order valence-corrected chi connectivity index (χ1v) is 5.58. The molecule has 1 aromatic rings. The molecular weight excluding hydrogens is 220 g/mol. The lowest BCUT2D eigenvalue weighted by Crippen LogP contribution is -2.52. The van der Waals surface area contributed by atoms with Gasteiger partial charge < -0.3 is 10.2 Å². The molecule has 0 spiro atoms. The van der Waals surface area contributed by atoms with Crippen LogP contribution in [0.2, 0.25) is 0 Å². The number of nitrogens with one attached hydrogen (secondary N) is 1. The number of carboxylic acids is 1. The normalized spacial score (nSPS) is 16.2. The zero-order valence-electron chi connectivity index (χ0n) is 10.1. The smallest absolute Gasteiger partial charge is 0.329 e. The predicted octanol–water partition coefficient (Wildman–Crippen LogP) is 0.742. The maximum Gasteiger partial charge on any atom is 0.329 e. The van der Waals surface area contributed by atoms with Crippen molar-refractivity contribution in [3.8, 4) is 0 Å². The molecule has 0 saturated heterocycles. The van der Waals surface area contributed by atoms with Crippen LogP contribution in [0.3, 0.4) is 0 Å². The summed E-state index contributed by atoms with van der Waals surface area (Å²) < 4.78 is 0. The highest BCUT2D eigenvalue weighted by Crippen LogP contribution is 2.20. The van der Waals surface area contributed by atoms with Gasteiger partial charge in [0.15, 0.2) is 5.54 Å². The van der Waals surface area contributed by atoms with Gasteiger partial charge in [-0.2, -0.15) is 0 Å². The van der Waals surface area contributed by atoms with Gasteiger partial charge in [0, 0.05) is 12.2 Å². The van der Waals surface area contributed by atoms with Crippen molar-refractivity contribution >= 4 is 5.97 Å². The maximum atomic E-state index is 11.4. The number of aliphatic carboxylic acids is 1. The Bertz CT molecular complexity index is 365. The number of pyridine rings is 1. The van der Waals surface area contributed by atoms with Crippen molar-refractivity contribution in [1.29, 1.82) is 0 Å². The molecular formula is C12H18N2O3. The molecule has 5 nitrogen and oxygen atoms in total. The van der Waals surface area contributed by atoms with Gasteiger partial charge in [0.25, 0.3) is 0 Å². The van der Waals surface area contributed by atoms with Crippen LogP contribution in [0.1, 0.15) is 26.0 Å². The van der Waals surface area contributed by atoms with Gasteiger partial charge in [0.2, 0.25) is 0 Å². The highest BCUT2D eigenvalue weighted by molar-refractivity contribution is 5.79. The number of carbonyl (C=O) groups is 1. The summed E-state index contributed by atoms with van der Waals surface area (Å²) in [5.74, 6) is -1.01. The van der Waals surface area contributed by atoms with Gasteiger partial charge in [-0.3, -0.25) is 10.3 Å². The molecule has 0 aliphatic heterocycles. The third-order valence-corrected chi connectivity index (χ3v) is 2.81. The lowest BCUT2D eigenvalue weighted by molar-refractivity contribution is -0.145. The highest BCUT2D eigenvalue weighted by Gasteiger charge is 2.37. The average molecular weight is 238 g/mol. The van der Waals surface area contributed by atoms with E-state index in [0.717, 1.165) is 0 Å². The Hall–Kier alpha value is -1.46. The van der Waals surface area contributed by atoms with Crippen molar-refractivity contribution in [3.05, 3.63) is 30.1 Å². The molecule has 5 heteroatoms. The Morgan fingerprint density at radius 1 is 1.59 bits per heavy atom. The van der Waals surface area contributed by atoms with Crippen LogP contribution < -0.4 is 5.32 Å². The Morgan fingerprint density at radius 3 is 2.71 bits per heavy atom. The van der Waals surface area contributed by atoms with Crippen molar-refractivity contribution in [3.63, 3.8) is 0 Å². The van der Waals surface area contributed by atoms with Gasteiger partial charge in [-0.25, -0.2) is 4.79 Å². The fraction of sp³-hybridized carbons (Fsp3) is 0.500. The zero-order valence-corrected chi connectivity index (χ0v) is 10.1. The second-order valence-electron chi connectivity index (χ2n) is 4.08. The molecule has 3 N–H and O–H groups in total. The third-order valence-electron chi connectivity index (χ3n) is 2.81. The predicted molar refractivity (Wildman–Crippen MR) is 63.5 cm³/mol. The van der Waals surface area contributed by atoms with E-state index in [0.29, 0.717) is 12.1 Å². The number of nitrogens with zero attached hydrogens (tertiary/aromatic N) is 1. The van der Waals surface area contributed by atoms with Crippen molar-refractivity contribution in [2.75, 3.05) is 6.61 Å². The van der Waals surface area contributed by atoms with E-state index in [1.54, 1.807) is 31.3 Å². The highest BCUT2D eigenvalue weighted by atomic mass is 16.4. The molecule has 0 radical (unpaired) electrons. The quantitative estimate of drug-likeness (QED) is 0.681. The van der Waals surface area contributed by atoms with E-state index in [1.807, 2.05) is 6.92 Å². The topological polar surface area (TPSA) is 82.5 Å². The Labute approximate surface area is 101 Å². The van der Waals surface area contributed by atoms with E-state index in [2.05, 4.69) is 10.3 Å². The summed E-state index contributed by atoms with van der Waals surface area (Å²) in [6, 6.07) is 4.86. The minimum absolute atomic E-state index is 0.105. The maximum absolute atomic E-state index is 11.4. The van der Waals surface area contributed by atoms with Crippen molar-refractivity contribution < 1.29 is 15.0 Å². The summed E-state index contributed by atoms with van der Waals surface area (Å²) in [5.41, 5.74) is -0.857. The van der Waals surface area contributed by atoms with Crippen LogP contribution >= 0.6 is 0 Å². The van der Waals surface area contributed by atoms with Gasteiger partial charge >= 0.3 is 5.97 Å². The van der Waals surface area contributed by atoms with E-state index >= 15 is 0 Å². The van der Waals surface area contributed by atoms with E-state index in [4.69, 9.17) is 5.11 Å². The fourth-order valence-electron chi connectivity index (χ4n) is 1.59.